The van der Waals surface area contributed by atoms with E-state index in [9.17, 15) is 5.11 Å². The van der Waals surface area contributed by atoms with Gasteiger partial charge in [-0.2, -0.15) is 0 Å². The molecule has 1 saturated heterocycles. The average molecular weight is 266 g/mol. The van der Waals surface area contributed by atoms with Gasteiger partial charge in [0.1, 0.15) is 12.7 Å². The zero-order valence-electron chi connectivity index (χ0n) is 11.3. The summed E-state index contributed by atoms with van der Waals surface area (Å²) in [5.41, 5.74) is 0. The molecular weight excluding hydrogens is 244 g/mol. The number of piperazine rings is 1. The first-order valence-corrected chi connectivity index (χ1v) is 6.66. The molecule has 1 aromatic rings. The van der Waals surface area contributed by atoms with Crippen molar-refractivity contribution in [2.75, 3.05) is 46.4 Å². The van der Waals surface area contributed by atoms with Crippen LogP contribution < -0.4 is 14.8 Å². The summed E-state index contributed by atoms with van der Waals surface area (Å²) in [4.78, 5) is 2.24. The molecule has 5 heteroatoms. The number of benzene rings is 1. The van der Waals surface area contributed by atoms with Gasteiger partial charge in [0, 0.05) is 32.7 Å². The van der Waals surface area contributed by atoms with Gasteiger partial charge in [-0.15, -0.1) is 0 Å². The Bertz CT molecular complexity index is 381. The number of methoxy groups -OCH3 is 1. The van der Waals surface area contributed by atoms with Crippen LogP contribution in [0.2, 0.25) is 0 Å². The van der Waals surface area contributed by atoms with Crippen molar-refractivity contribution in [2.24, 2.45) is 0 Å². The molecule has 1 heterocycles. The number of rotatable bonds is 6. The third-order valence-electron chi connectivity index (χ3n) is 3.18. The molecule has 2 rings (SSSR count). The van der Waals surface area contributed by atoms with E-state index in [0.717, 1.165) is 26.2 Å². The van der Waals surface area contributed by atoms with Crippen LogP contribution in [0.4, 0.5) is 0 Å². The van der Waals surface area contributed by atoms with Gasteiger partial charge in [0.25, 0.3) is 0 Å². The SMILES string of the molecule is COc1ccccc1OC[C@H](O)CN1CCNCC1. The number of nitrogens with one attached hydrogen (secondary N) is 1. The van der Waals surface area contributed by atoms with Crippen LogP contribution >= 0.6 is 0 Å². The number of hydrogen-bond acceptors (Lipinski definition) is 5. The molecular formula is C14H22N2O3. The lowest BCUT2D eigenvalue weighted by atomic mass is 10.3. The van der Waals surface area contributed by atoms with E-state index in [1.54, 1.807) is 7.11 Å². The normalized spacial score (nSPS) is 18.0. The fraction of sp³-hybridized carbons (Fsp3) is 0.571. The second kappa shape index (κ2) is 7.33. The van der Waals surface area contributed by atoms with E-state index in [1.807, 2.05) is 24.3 Å². The maximum atomic E-state index is 10.00. The van der Waals surface area contributed by atoms with Crippen LogP contribution in [0.25, 0.3) is 0 Å². The summed E-state index contributed by atoms with van der Waals surface area (Å²) < 4.78 is 10.8. The summed E-state index contributed by atoms with van der Waals surface area (Å²) in [5, 5.41) is 13.3. The summed E-state index contributed by atoms with van der Waals surface area (Å²) in [7, 11) is 1.61. The minimum Gasteiger partial charge on any atom is -0.493 e. The van der Waals surface area contributed by atoms with Crippen molar-refractivity contribution in [1.29, 1.82) is 0 Å². The molecule has 1 aromatic carbocycles. The molecule has 2 N–H and O–H groups in total. The summed E-state index contributed by atoms with van der Waals surface area (Å²) in [6.07, 6.45) is -0.483. The average Bonchev–Trinajstić information content (AvgIpc) is 2.46. The molecule has 1 aliphatic rings. The summed E-state index contributed by atoms with van der Waals surface area (Å²) in [6.45, 7) is 4.86. The van der Waals surface area contributed by atoms with Crippen LogP contribution in [0.15, 0.2) is 24.3 Å². The maximum Gasteiger partial charge on any atom is 0.161 e. The molecule has 1 aliphatic heterocycles. The van der Waals surface area contributed by atoms with Crippen LogP contribution in [0.5, 0.6) is 11.5 Å². The van der Waals surface area contributed by atoms with Gasteiger partial charge in [0.15, 0.2) is 11.5 Å². The molecule has 0 spiro atoms. The molecule has 5 nitrogen and oxygen atoms in total. The molecule has 106 valence electrons. The predicted molar refractivity (Wildman–Crippen MR) is 73.8 cm³/mol. The molecule has 0 radical (unpaired) electrons. The van der Waals surface area contributed by atoms with Crippen LogP contribution in [-0.2, 0) is 0 Å². The maximum absolute atomic E-state index is 10.00. The van der Waals surface area contributed by atoms with Gasteiger partial charge in [0.05, 0.1) is 7.11 Å². The first kappa shape index (κ1) is 14.1. The molecule has 19 heavy (non-hydrogen) atoms. The quantitative estimate of drug-likeness (QED) is 0.777. The molecule has 0 unspecified atom stereocenters. The Kier molecular flexibility index (Phi) is 5.44. The van der Waals surface area contributed by atoms with Crippen molar-refractivity contribution in [2.45, 2.75) is 6.10 Å². The number of nitrogens with zero attached hydrogens (tertiary/aromatic N) is 1. The van der Waals surface area contributed by atoms with Gasteiger partial charge in [-0.05, 0) is 12.1 Å². The van der Waals surface area contributed by atoms with Gasteiger partial charge in [-0.3, -0.25) is 4.90 Å². The van der Waals surface area contributed by atoms with Gasteiger partial charge >= 0.3 is 0 Å². The van der Waals surface area contributed by atoms with E-state index in [4.69, 9.17) is 9.47 Å². The minimum atomic E-state index is -0.483. The van der Waals surface area contributed by atoms with E-state index < -0.39 is 6.10 Å². The van der Waals surface area contributed by atoms with Crippen molar-refractivity contribution >= 4 is 0 Å². The number of para-hydroxylation sites is 2. The topological polar surface area (TPSA) is 54.0 Å². The minimum absolute atomic E-state index is 0.282. The van der Waals surface area contributed by atoms with E-state index in [0.29, 0.717) is 18.0 Å². The Balaban J connectivity index is 1.77. The lowest BCUT2D eigenvalue weighted by Gasteiger charge is -2.29. The number of β-amino-alcohol motifs (C(OH)–C–C–N with tert-alkyl or cyclic N) is 1. The molecule has 0 aromatic heterocycles. The second-order valence-electron chi connectivity index (χ2n) is 4.67. The van der Waals surface area contributed by atoms with E-state index in [2.05, 4.69) is 10.2 Å². The van der Waals surface area contributed by atoms with Crippen molar-refractivity contribution in [3.05, 3.63) is 24.3 Å². The zero-order chi connectivity index (χ0) is 13.5. The fourth-order valence-electron chi connectivity index (χ4n) is 2.17. The van der Waals surface area contributed by atoms with Crippen LogP contribution in [-0.4, -0.2) is 62.6 Å². The standard InChI is InChI=1S/C14H22N2O3/c1-18-13-4-2-3-5-14(13)19-11-12(17)10-16-8-6-15-7-9-16/h2-5,12,15,17H,6-11H2,1H3/t12-/m1/s1. The van der Waals surface area contributed by atoms with Crippen LogP contribution in [0.1, 0.15) is 0 Å². The summed E-state index contributed by atoms with van der Waals surface area (Å²) in [6, 6.07) is 7.47. The number of ether oxygens (including phenoxy) is 2. The van der Waals surface area contributed by atoms with E-state index in [1.165, 1.54) is 0 Å². The van der Waals surface area contributed by atoms with Crippen molar-refractivity contribution < 1.29 is 14.6 Å². The van der Waals surface area contributed by atoms with Crippen LogP contribution in [0.3, 0.4) is 0 Å². The van der Waals surface area contributed by atoms with E-state index in [-0.39, 0.29) is 6.61 Å². The lowest BCUT2D eigenvalue weighted by Crippen LogP contribution is -2.47. The van der Waals surface area contributed by atoms with Crippen molar-refractivity contribution in [3.63, 3.8) is 0 Å². The molecule has 1 fully saturated rings. The number of aliphatic hydroxyl groups excluding tert-OH is 1. The van der Waals surface area contributed by atoms with Crippen molar-refractivity contribution in [3.8, 4) is 11.5 Å². The Morgan fingerprint density at radius 3 is 2.63 bits per heavy atom. The Morgan fingerprint density at radius 1 is 1.26 bits per heavy atom. The van der Waals surface area contributed by atoms with Crippen molar-refractivity contribution in [1.82, 2.24) is 10.2 Å². The van der Waals surface area contributed by atoms with Gasteiger partial charge < -0.3 is 19.9 Å². The van der Waals surface area contributed by atoms with Gasteiger partial charge in [-0.1, -0.05) is 12.1 Å². The third-order valence-corrected chi connectivity index (χ3v) is 3.18. The second-order valence-corrected chi connectivity index (χ2v) is 4.67. The third kappa shape index (κ3) is 4.38. The molecule has 0 aliphatic carbocycles. The van der Waals surface area contributed by atoms with Crippen LogP contribution in [0, 0.1) is 0 Å². The number of hydrogen-bond donors (Lipinski definition) is 2. The first-order chi connectivity index (χ1) is 9.29. The monoisotopic (exact) mass is 266 g/mol. The number of aliphatic hydroxyl groups is 1. The highest BCUT2D eigenvalue weighted by Gasteiger charge is 2.15. The van der Waals surface area contributed by atoms with E-state index >= 15 is 0 Å². The largest absolute Gasteiger partial charge is 0.493 e. The Morgan fingerprint density at radius 2 is 1.95 bits per heavy atom. The molecule has 0 amide bonds. The van der Waals surface area contributed by atoms with Gasteiger partial charge in [0.2, 0.25) is 0 Å². The smallest absolute Gasteiger partial charge is 0.161 e. The first-order valence-electron chi connectivity index (χ1n) is 6.66. The Hall–Kier alpha value is -1.30. The lowest BCUT2D eigenvalue weighted by molar-refractivity contribution is 0.0632. The zero-order valence-corrected chi connectivity index (χ0v) is 11.3. The fourth-order valence-corrected chi connectivity index (χ4v) is 2.17. The molecule has 1 atom stereocenters. The highest BCUT2D eigenvalue weighted by atomic mass is 16.5. The molecule has 0 bridgehead atoms. The predicted octanol–water partition coefficient (Wildman–Crippen LogP) is 0.340. The highest BCUT2D eigenvalue weighted by molar-refractivity contribution is 5.39. The molecule has 0 saturated carbocycles. The summed E-state index contributed by atoms with van der Waals surface area (Å²) in [5.74, 6) is 1.36. The van der Waals surface area contributed by atoms with Gasteiger partial charge in [-0.25, -0.2) is 0 Å². The Labute approximate surface area is 114 Å². The summed E-state index contributed by atoms with van der Waals surface area (Å²) >= 11 is 0. The highest BCUT2D eigenvalue weighted by Crippen LogP contribution is 2.25.